The molecule has 31 heavy (non-hydrogen) atoms. The number of aryl methyl sites for hydroxylation is 1. The second-order valence-corrected chi connectivity index (χ2v) is 8.98. The first-order chi connectivity index (χ1) is 14.7. The Kier molecular flexibility index (Phi) is 5.70. The third-order valence-electron chi connectivity index (χ3n) is 5.44. The summed E-state index contributed by atoms with van der Waals surface area (Å²) >= 11 is 7.64. The number of carbonyl (C=O) groups excluding carboxylic acids is 1. The predicted molar refractivity (Wildman–Crippen MR) is 115 cm³/mol. The van der Waals surface area contributed by atoms with Crippen molar-refractivity contribution in [3.8, 4) is 11.1 Å². The monoisotopic (exact) mass is 465 g/mol. The minimum Gasteiger partial charge on any atom is -0.333 e. The largest absolute Gasteiger partial charge is 0.433 e. The number of amides is 1. The summed E-state index contributed by atoms with van der Waals surface area (Å²) in [6.07, 6.45) is -2.04. The molecule has 0 bridgehead atoms. The van der Waals surface area contributed by atoms with Crippen LogP contribution in [0.15, 0.2) is 49.2 Å². The van der Waals surface area contributed by atoms with Crippen molar-refractivity contribution in [2.45, 2.75) is 32.1 Å². The van der Waals surface area contributed by atoms with Gasteiger partial charge in [-0.25, -0.2) is 0 Å². The number of halogens is 4. The Morgan fingerprint density at radius 2 is 2.06 bits per heavy atom. The fourth-order valence-corrected chi connectivity index (χ4v) is 5.47. The van der Waals surface area contributed by atoms with Gasteiger partial charge >= 0.3 is 6.18 Å². The highest BCUT2D eigenvalue weighted by Crippen LogP contribution is 2.45. The summed E-state index contributed by atoms with van der Waals surface area (Å²) in [5, 5.41) is 3.97. The zero-order valence-corrected chi connectivity index (χ0v) is 18.2. The second kappa shape index (κ2) is 8.16. The van der Waals surface area contributed by atoms with Gasteiger partial charge in [-0.3, -0.25) is 9.48 Å². The van der Waals surface area contributed by atoms with E-state index in [0.29, 0.717) is 28.6 Å². The molecule has 162 valence electrons. The molecule has 0 saturated carbocycles. The lowest BCUT2D eigenvalue weighted by molar-refractivity contribution is -0.143. The number of nitrogens with zero attached hydrogens (tertiary/aromatic N) is 3. The van der Waals surface area contributed by atoms with Crippen LogP contribution in [0.1, 0.15) is 34.5 Å². The van der Waals surface area contributed by atoms with Crippen LogP contribution in [0.5, 0.6) is 0 Å². The van der Waals surface area contributed by atoms with E-state index in [1.54, 1.807) is 36.1 Å². The molecule has 1 atom stereocenters. The summed E-state index contributed by atoms with van der Waals surface area (Å²) < 4.78 is 43.3. The lowest BCUT2D eigenvalue weighted by Crippen LogP contribution is -2.37. The maximum atomic E-state index is 13.9. The van der Waals surface area contributed by atoms with Crippen LogP contribution in [0.2, 0.25) is 4.34 Å². The molecule has 1 aliphatic rings. The topological polar surface area (TPSA) is 38.1 Å². The zero-order valence-electron chi connectivity index (χ0n) is 16.6. The molecule has 1 aliphatic heterocycles. The van der Waals surface area contributed by atoms with Gasteiger partial charge in [0.15, 0.2) is 0 Å². The van der Waals surface area contributed by atoms with Gasteiger partial charge in [0.25, 0.3) is 0 Å². The number of aromatic nitrogens is 2. The number of rotatable bonds is 4. The molecule has 2 aromatic heterocycles. The van der Waals surface area contributed by atoms with E-state index in [4.69, 9.17) is 11.6 Å². The number of benzene rings is 1. The number of alkyl halides is 3. The molecular formula is C22H19ClF3N3OS. The van der Waals surface area contributed by atoms with Crippen molar-refractivity contribution in [3.05, 3.63) is 75.2 Å². The maximum absolute atomic E-state index is 13.9. The Labute approximate surface area is 186 Å². The summed E-state index contributed by atoms with van der Waals surface area (Å²) in [7, 11) is 0. The molecular weight excluding hydrogens is 447 g/mol. The average molecular weight is 466 g/mol. The number of hydrogen-bond donors (Lipinski definition) is 0. The van der Waals surface area contributed by atoms with Gasteiger partial charge in [-0.2, -0.15) is 18.3 Å². The highest BCUT2D eigenvalue weighted by molar-refractivity contribution is 7.16. The fraction of sp³-hybridized carbons (Fsp3) is 0.273. The normalized spacial score (nSPS) is 16.3. The van der Waals surface area contributed by atoms with Crippen LogP contribution in [-0.2, 0) is 24.1 Å². The van der Waals surface area contributed by atoms with Crippen LogP contribution in [0.4, 0.5) is 13.2 Å². The van der Waals surface area contributed by atoms with Crippen molar-refractivity contribution in [1.82, 2.24) is 14.7 Å². The Hall–Kier alpha value is -2.58. The van der Waals surface area contributed by atoms with Gasteiger partial charge in [0.05, 0.1) is 17.1 Å². The van der Waals surface area contributed by atoms with Gasteiger partial charge in [-0.1, -0.05) is 42.4 Å². The van der Waals surface area contributed by atoms with Crippen molar-refractivity contribution in [2.24, 2.45) is 0 Å². The summed E-state index contributed by atoms with van der Waals surface area (Å²) in [5.41, 5.74) is 1.33. The van der Waals surface area contributed by atoms with Crippen LogP contribution in [0.25, 0.3) is 11.1 Å². The molecule has 0 saturated heterocycles. The van der Waals surface area contributed by atoms with Gasteiger partial charge < -0.3 is 4.90 Å². The van der Waals surface area contributed by atoms with Crippen molar-refractivity contribution in [1.29, 1.82) is 0 Å². The van der Waals surface area contributed by atoms with Crippen molar-refractivity contribution in [2.75, 3.05) is 6.54 Å². The molecule has 9 heteroatoms. The first-order valence-electron chi connectivity index (χ1n) is 9.66. The highest BCUT2D eigenvalue weighted by Gasteiger charge is 2.39. The number of thiophene rings is 1. The van der Waals surface area contributed by atoms with Crippen LogP contribution >= 0.6 is 22.9 Å². The van der Waals surface area contributed by atoms with E-state index in [9.17, 15) is 18.0 Å². The quantitative estimate of drug-likeness (QED) is 0.445. The van der Waals surface area contributed by atoms with E-state index in [0.717, 1.165) is 15.1 Å². The molecule has 4 rings (SSSR count). The van der Waals surface area contributed by atoms with Gasteiger partial charge in [0.1, 0.15) is 5.69 Å². The van der Waals surface area contributed by atoms with Crippen LogP contribution in [0, 0.1) is 0 Å². The minimum atomic E-state index is -4.55. The van der Waals surface area contributed by atoms with Crippen molar-refractivity contribution in [3.63, 3.8) is 0 Å². The lowest BCUT2D eigenvalue weighted by Gasteiger charge is -2.33. The molecule has 3 heterocycles. The third-order valence-corrected chi connectivity index (χ3v) is 6.71. The van der Waals surface area contributed by atoms with Gasteiger partial charge in [-0.05, 0) is 35.8 Å². The molecule has 0 fully saturated rings. The molecule has 0 spiro atoms. The third kappa shape index (κ3) is 3.90. The SMILES string of the molecule is C=CC(=O)N1Cc2sc(Cl)cc2[C@H](c2ccccc2-c2cnn(CC)c2C(F)(F)F)C1. The molecule has 0 aliphatic carbocycles. The number of hydrogen-bond acceptors (Lipinski definition) is 3. The summed E-state index contributed by atoms with van der Waals surface area (Å²) in [4.78, 5) is 14.9. The first-order valence-corrected chi connectivity index (χ1v) is 10.9. The van der Waals surface area contributed by atoms with Crippen LogP contribution in [-0.4, -0.2) is 27.1 Å². The smallest absolute Gasteiger partial charge is 0.333 e. The van der Waals surface area contributed by atoms with Gasteiger partial charge in [0, 0.05) is 29.4 Å². The Morgan fingerprint density at radius 3 is 2.74 bits per heavy atom. The number of carbonyl (C=O) groups is 1. The summed E-state index contributed by atoms with van der Waals surface area (Å²) in [6.45, 7) is 6.01. The van der Waals surface area contributed by atoms with E-state index in [2.05, 4.69) is 11.7 Å². The Morgan fingerprint density at radius 1 is 1.32 bits per heavy atom. The molecule has 0 unspecified atom stereocenters. The van der Waals surface area contributed by atoms with E-state index in [-0.39, 0.29) is 23.9 Å². The van der Waals surface area contributed by atoms with Crippen LogP contribution in [0.3, 0.4) is 0 Å². The molecule has 1 aromatic carbocycles. The highest BCUT2D eigenvalue weighted by atomic mass is 35.5. The van der Waals surface area contributed by atoms with Gasteiger partial charge in [-0.15, -0.1) is 11.3 Å². The Bertz CT molecular complexity index is 1150. The fourth-order valence-electron chi connectivity index (χ4n) is 4.11. The second-order valence-electron chi connectivity index (χ2n) is 7.21. The maximum Gasteiger partial charge on any atom is 0.433 e. The molecule has 0 N–H and O–H groups in total. The molecule has 0 radical (unpaired) electrons. The van der Waals surface area contributed by atoms with Crippen molar-refractivity contribution < 1.29 is 18.0 Å². The summed E-state index contributed by atoms with van der Waals surface area (Å²) in [6, 6.07) is 8.82. The van der Waals surface area contributed by atoms with Crippen molar-refractivity contribution >= 4 is 28.8 Å². The molecule has 4 nitrogen and oxygen atoms in total. The van der Waals surface area contributed by atoms with E-state index in [1.165, 1.54) is 23.6 Å². The van der Waals surface area contributed by atoms with Gasteiger partial charge in [0.2, 0.25) is 5.91 Å². The first kappa shape index (κ1) is 21.6. The van der Waals surface area contributed by atoms with Crippen LogP contribution < -0.4 is 0 Å². The Balaban J connectivity index is 1.89. The summed E-state index contributed by atoms with van der Waals surface area (Å²) in [5.74, 6) is -0.550. The average Bonchev–Trinajstić information content (AvgIpc) is 3.34. The van der Waals surface area contributed by atoms with E-state index in [1.807, 2.05) is 6.07 Å². The predicted octanol–water partition coefficient (Wildman–Crippen LogP) is 5.96. The zero-order chi connectivity index (χ0) is 22.3. The lowest BCUT2D eigenvalue weighted by atomic mass is 9.84. The minimum absolute atomic E-state index is 0.0278. The molecule has 1 amide bonds. The van der Waals surface area contributed by atoms with E-state index >= 15 is 0 Å². The number of fused-ring (bicyclic) bond motifs is 1. The standard InChI is InChI=1S/C22H19ClF3N3OS/c1-3-20(30)28-11-17(15-9-19(23)31-18(15)12-28)14-8-6-5-7-13(14)16-10-27-29(4-2)21(16)22(24,25)26/h3,5-10,17H,1,4,11-12H2,2H3/t17-/m0/s1. The molecule has 3 aromatic rings. The van der Waals surface area contributed by atoms with E-state index < -0.39 is 11.9 Å².